The highest BCUT2D eigenvalue weighted by molar-refractivity contribution is 7.08. The topological polar surface area (TPSA) is 48.8 Å². The zero-order valence-electron chi connectivity index (χ0n) is 15.5. The van der Waals surface area contributed by atoms with Crippen molar-refractivity contribution in [2.45, 2.75) is 31.7 Å². The van der Waals surface area contributed by atoms with Gasteiger partial charge in [-0.1, -0.05) is 6.07 Å². The average molecular weight is 395 g/mol. The second kappa shape index (κ2) is 6.34. The number of fused-ring (bicyclic) bond motifs is 2. The van der Waals surface area contributed by atoms with Crippen LogP contribution in [0.3, 0.4) is 0 Å². The van der Waals surface area contributed by atoms with Crippen molar-refractivity contribution >= 4 is 11.3 Å². The third kappa shape index (κ3) is 2.73. The van der Waals surface area contributed by atoms with E-state index >= 15 is 0 Å². The quantitative estimate of drug-likeness (QED) is 0.679. The van der Waals surface area contributed by atoms with E-state index in [0.29, 0.717) is 13.4 Å². The monoisotopic (exact) mass is 395 g/mol. The molecule has 0 saturated carbocycles. The minimum Gasteiger partial charge on any atom is -0.454 e. The highest BCUT2D eigenvalue weighted by Crippen LogP contribution is 2.37. The van der Waals surface area contributed by atoms with Crippen LogP contribution in [0.15, 0.2) is 41.2 Å². The Morgan fingerprint density at radius 1 is 1.14 bits per heavy atom. The van der Waals surface area contributed by atoms with Crippen molar-refractivity contribution < 1.29 is 14.2 Å². The lowest BCUT2D eigenvalue weighted by Crippen LogP contribution is -2.44. The van der Waals surface area contributed by atoms with E-state index in [4.69, 9.17) is 14.2 Å². The molecule has 6 rings (SSSR count). The molecule has 6 nitrogen and oxygen atoms in total. The molecule has 1 atom stereocenters. The number of likely N-dealkylation sites (tertiary alicyclic amines) is 1. The molecule has 1 fully saturated rings. The van der Waals surface area contributed by atoms with Crippen LogP contribution in [-0.2, 0) is 24.4 Å². The molecule has 0 aliphatic carbocycles. The molecule has 3 aliphatic heterocycles. The Bertz CT molecular complexity index is 1020. The van der Waals surface area contributed by atoms with E-state index in [9.17, 15) is 0 Å². The molecule has 1 aromatic carbocycles. The lowest BCUT2D eigenvalue weighted by Gasteiger charge is -2.35. The second-order valence-electron chi connectivity index (χ2n) is 7.78. The first-order chi connectivity index (χ1) is 13.8. The predicted molar refractivity (Wildman–Crippen MR) is 106 cm³/mol. The second-order valence-corrected chi connectivity index (χ2v) is 8.56. The first-order valence-electron chi connectivity index (χ1n) is 9.60. The maximum Gasteiger partial charge on any atom is 0.231 e. The summed E-state index contributed by atoms with van der Waals surface area (Å²) >= 11 is 1.72. The van der Waals surface area contributed by atoms with Crippen LogP contribution < -0.4 is 9.47 Å². The Kier molecular flexibility index (Phi) is 3.75. The lowest BCUT2D eigenvalue weighted by atomic mass is 10.0. The molecule has 1 unspecified atom stereocenters. The van der Waals surface area contributed by atoms with Gasteiger partial charge in [-0.15, -0.1) is 0 Å². The van der Waals surface area contributed by atoms with Crippen LogP contribution in [0, 0.1) is 0 Å². The Hall–Kier alpha value is -2.35. The van der Waals surface area contributed by atoms with E-state index in [1.165, 1.54) is 16.8 Å². The Balaban J connectivity index is 1.20. The van der Waals surface area contributed by atoms with E-state index in [0.717, 1.165) is 49.9 Å². The average Bonchev–Trinajstić information content (AvgIpc) is 3.48. The number of imidazole rings is 1. The fraction of sp³-hybridized carbons (Fsp3) is 0.381. The highest BCUT2D eigenvalue weighted by atomic mass is 32.1. The standard InChI is InChI=1S/C21H21N3O3S/c1-2-18-19(26-14-25-18)7-15(1)9-23-5-4-21(12-23)13-24-17(16-3-6-28-11-16)8-22-20(24)10-27-21/h1-3,6-8,11H,4-5,9-10,12-14H2. The molecule has 0 amide bonds. The fourth-order valence-corrected chi connectivity index (χ4v) is 5.15. The van der Waals surface area contributed by atoms with Crippen molar-refractivity contribution in [1.29, 1.82) is 0 Å². The molecule has 0 bridgehead atoms. The van der Waals surface area contributed by atoms with Crippen LogP contribution in [0.5, 0.6) is 11.5 Å². The van der Waals surface area contributed by atoms with Gasteiger partial charge in [0.05, 0.1) is 18.4 Å². The molecule has 0 N–H and O–H groups in total. The molecule has 1 spiro atoms. The summed E-state index contributed by atoms with van der Waals surface area (Å²) in [6.45, 7) is 4.64. The summed E-state index contributed by atoms with van der Waals surface area (Å²) in [4.78, 5) is 7.07. The Morgan fingerprint density at radius 2 is 2.11 bits per heavy atom. The summed E-state index contributed by atoms with van der Waals surface area (Å²) in [5, 5.41) is 4.31. The minimum absolute atomic E-state index is 0.130. The van der Waals surface area contributed by atoms with Crippen LogP contribution in [0.1, 0.15) is 17.8 Å². The van der Waals surface area contributed by atoms with Crippen molar-refractivity contribution in [2.24, 2.45) is 0 Å². The molecule has 0 radical (unpaired) electrons. The van der Waals surface area contributed by atoms with Crippen LogP contribution in [0.4, 0.5) is 0 Å². The van der Waals surface area contributed by atoms with Crippen LogP contribution in [0.2, 0.25) is 0 Å². The number of nitrogens with zero attached hydrogens (tertiary/aromatic N) is 3. The summed E-state index contributed by atoms with van der Waals surface area (Å²) in [6, 6.07) is 8.39. The van der Waals surface area contributed by atoms with Gasteiger partial charge in [-0.2, -0.15) is 11.3 Å². The smallest absolute Gasteiger partial charge is 0.231 e. The number of thiophene rings is 1. The SMILES string of the molecule is c1cc(-c2cnc3n2CC2(CCN(Cc4ccc5c(c4)OCO5)C2)OC3)cs1. The van der Waals surface area contributed by atoms with E-state index < -0.39 is 0 Å². The first kappa shape index (κ1) is 16.6. The summed E-state index contributed by atoms with van der Waals surface area (Å²) in [7, 11) is 0. The van der Waals surface area contributed by atoms with E-state index in [2.05, 4.69) is 43.4 Å². The maximum absolute atomic E-state index is 6.36. The Labute approximate surface area is 167 Å². The van der Waals surface area contributed by atoms with E-state index in [-0.39, 0.29) is 5.60 Å². The number of aromatic nitrogens is 2. The molecular formula is C21H21N3O3S. The molecular weight excluding hydrogens is 374 g/mol. The predicted octanol–water partition coefficient (Wildman–Crippen LogP) is 3.52. The minimum atomic E-state index is -0.130. The summed E-state index contributed by atoms with van der Waals surface area (Å²) in [6.07, 6.45) is 3.03. The molecule has 28 heavy (non-hydrogen) atoms. The molecule has 3 aliphatic rings. The van der Waals surface area contributed by atoms with Gasteiger partial charge < -0.3 is 18.8 Å². The van der Waals surface area contributed by atoms with Gasteiger partial charge in [-0.25, -0.2) is 4.98 Å². The van der Waals surface area contributed by atoms with Crippen molar-refractivity contribution in [3.8, 4) is 22.8 Å². The molecule has 1 saturated heterocycles. The van der Waals surface area contributed by atoms with Crippen molar-refractivity contribution in [1.82, 2.24) is 14.5 Å². The van der Waals surface area contributed by atoms with Gasteiger partial charge in [0.1, 0.15) is 18.0 Å². The maximum atomic E-state index is 6.36. The normalized spacial score (nSPS) is 23.4. The van der Waals surface area contributed by atoms with Gasteiger partial charge in [0.2, 0.25) is 6.79 Å². The van der Waals surface area contributed by atoms with Gasteiger partial charge in [0.15, 0.2) is 11.5 Å². The highest BCUT2D eigenvalue weighted by Gasteiger charge is 2.43. The number of rotatable bonds is 3. The summed E-state index contributed by atoms with van der Waals surface area (Å²) in [5.41, 5.74) is 3.57. The molecule has 7 heteroatoms. The zero-order valence-corrected chi connectivity index (χ0v) is 16.3. The van der Waals surface area contributed by atoms with Gasteiger partial charge in [-0.05, 0) is 35.6 Å². The third-order valence-electron chi connectivity index (χ3n) is 5.95. The largest absolute Gasteiger partial charge is 0.454 e. The zero-order chi connectivity index (χ0) is 18.6. The number of hydrogen-bond donors (Lipinski definition) is 0. The van der Waals surface area contributed by atoms with Gasteiger partial charge in [0, 0.05) is 30.6 Å². The number of hydrogen-bond acceptors (Lipinski definition) is 6. The third-order valence-corrected chi connectivity index (χ3v) is 6.63. The van der Waals surface area contributed by atoms with Crippen LogP contribution in [0.25, 0.3) is 11.3 Å². The van der Waals surface area contributed by atoms with Gasteiger partial charge in [-0.3, -0.25) is 4.90 Å². The fourth-order valence-electron chi connectivity index (χ4n) is 4.50. The van der Waals surface area contributed by atoms with E-state index in [1.54, 1.807) is 11.3 Å². The summed E-state index contributed by atoms with van der Waals surface area (Å²) < 4.78 is 19.6. The molecule has 3 aromatic rings. The van der Waals surface area contributed by atoms with Gasteiger partial charge in [0.25, 0.3) is 0 Å². The van der Waals surface area contributed by atoms with Crippen molar-refractivity contribution in [3.05, 3.63) is 52.6 Å². The lowest BCUT2D eigenvalue weighted by molar-refractivity contribution is -0.0821. The molecule has 5 heterocycles. The summed E-state index contributed by atoms with van der Waals surface area (Å²) in [5.74, 6) is 2.72. The van der Waals surface area contributed by atoms with Crippen LogP contribution in [-0.4, -0.2) is 39.9 Å². The first-order valence-corrected chi connectivity index (χ1v) is 10.5. The van der Waals surface area contributed by atoms with Crippen molar-refractivity contribution in [2.75, 3.05) is 19.9 Å². The number of ether oxygens (including phenoxy) is 3. The molecule has 144 valence electrons. The van der Waals surface area contributed by atoms with E-state index in [1.807, 2.05) is 12.3 Å². The van der Waals surface area contributed by atoms with Crippen molar-refractivity contribution in [3.63, 3.8) is 0 Å². The van der Waals surface area contributed by atoms with Gasteiger partial charge >= 0.3 is 0 Å². The number of benzene rings is 1. The Morgan fingerprint density at radius 3 is 3.04 bits per heavy atom. The van der Waals surface area contributed by atoms with Crippen LogP contribution >= 0.6 is 11.3 Å². The molecule has 2 aromatic heterocycles.